The molecule has 0 radical (unpaired) electrons. The molecule has 1 rings (SSSR count). The van der Waals surface area contributed by atoms with E-state index in [9.17, 15) is 0 Å². The van der Waals surface area contributed by atoms with E-state index in [-0.39, 0.29) is 0 Å². The van der Waals surface area contributed by atoms with Crippen LogP contribution in [0.15, 0.2) is 0 Å². The van der Waals surface area contributed by atoms with Crippen molar-refractivity contribution in [2.75, 3.05) is 69.5 Å². The molecule has 0 N–H and O–H groups in total. The largest absolute Gasteiger partial charge is 0.379 e. The van der Waals surface area contributed by atoms with E-state index >= 15 is 0 Å². The molecule has 0 aromatic carbocycles. The zero-order chi connectivity index (χ0) is 13.6. The van der Waals surface area contributed by atoms with Gasteiger partial charge in [0.1, 0.15) is 0 Å². The van der Waals surface area contributed by atoms with Gasteiger partial charge in [-0.25, -0.2) is 3.71 Å². The smallest absolute Gasteiger partial charge is 0.0700 e. The predicted octanol–water partition coefficient (Wildman–Crippen LogP) is 2.70. The number of rotatable bonds is 8. The second kappa shape index (κ2) is 7.39. The highest BCUT2D eigenvalue weighted by molar-refractivity contribution is 8.47. The summed E-state index contributed by atoms with van der Waals surface area (Å²) in [6.07, 6.45) is 11.0. The lowest BCUT2D eigenvalue weighted by atomic mass is 10.5. The molecule has 0 aromatic rings. The Hall–Kier alpha value is 0.580. The summed E-state index contributed by atoms with van der Waals surface area (Å²) in [5, 5.41) is 0. The second-order valence-electron chi connectivity index (χ2n) is 5.59. The van der Waals surface area contributed by atoms with Crippen LogP contribution < -0.4 is 0 Å². The van der Waals surface area contributed by atoms with Gasteiger partial charge in [0, 0.05) is 19.8 Å². The maximum absolute atomic E-state index is 5.60. The molecule has 18 heavy (non-hydrogen) atoms. The zero-order valence-electron chi connectivity index (χ0n) is 12.7. The molecule has 0 spiro atoms. The fraction of sp³-hybridized carbons (Fsp3) is 1.00. The van der Waals surface area contributed by atoms with Crippen molar-refractivity contribution in [1.29, 1.82) is 0 Å². The molecular weight excluding hydrogens is 266 g/mol. The molecule has 0 bridgehead atoms. The second-order valence-corrected chi connectivity index (χ2v) is 13.4. The Morgan fingerprint density at radius 1 is 0.889 bits per heavy atom. The Labute approximate surface area is 116 Å². The van der Waals surface area contributed by atoms with Gasteiger partial charge in [-0.2, -0.15) is 20.4 Å². The molecule has 3 nitrogen and oxygen atoms in total. The van der Waals surface area contributed by atoms with Crippen LogP contribution in [0.1, 0.15) is 13.3 Å². The van der Waals surface area contributed by atoms with Crippen molar-refractivity contribution in [3.63, 3.8) is 0 Å². The van der Waals surface area contributed by atoms with Crippen molar-refractivity contribution in [1.82, 2.24) is 3.71 Å². The monoisotopic (exact) mass is 297 g/mol. The minimum absolute atomic E-state index is 0.506. The van der Waals surface area contributed by atoms with E-state index in [0.717, 1.165) is 32.8 Å². The molecule has 1 fully saturated rings. The first-order valence-electron chi connectivity index (χ1n) is 6.75. The first-order valence-corrected chi connectivity index (χ1v) is 11.9. The fourth-order valence-corrected chi connectivity index (χ4v) is 12.0. The number of hydrogen-bond acceptors (Lipinski definition) is 3. The van der Waals surface area contributed by atoms with Crippen LogP contribution in [-0.4, -0.2) is 73.2 Å². The van der Waals surface area contributed by atoms with Gasteiger partial charge in [0.15, 0.2) is 0 Å². The van der Waals surface area contributed by atoms with Crippen LogP contribution >= 0.6 is 20.4 Å². The van der Waals surface area contributed by atoms with E-state index in [1.807, 2.05) is 6.92 Å². The summed E-state index contributed by atoms with van der Waals surface area (Å²) in [4.78, 5) is 0. The van der Waals surface area contributed by atoms with Gasteiger partial charge >= 0.3 is 0 Å². The van der Waals surface area contributed by atoms with Crippen LogP contribution in [-0.2, 0) is 9.47 Å². The molecule has 112 valence electrons. The van der Waals surface area contributed by atoms with E-state index in [2.05, 4.69) is 28.7 Å². The molecule has 0 aromatic heterocycles. The van der Waals surface area contributed by atoms with Gasteiger partial charge in [0.2, 0.25) is 0 Å². The Morgan fingerprint density at radius 2 is 1.44 bits per heavy atom. The molecule has 0 atom stereocenters. The van der Waals surface area contributed by atoms with Crippen LogP contribution in [0.25, 0.3) is 0 Å². The van der Waals surface area contributed by atoms with Crippen LogP contribution in [0, 0.1) is 0 Å². The lowest BCUT2D eigenvalue weighted by Crippen LogP contribution is -2.25. The minimum Gasteiger partial charge on any atom is -0.379 e. The zero-order valence-corrected chi connectivity index (χ0v) is 14.4. The van der Waals surface area contributed by atoms with E-state index in [1.165, 1.54) is 18.1 Å². The SMILES string of the molecule is CCOCCOCCCN1S(C)(C)CCS1(C)C. The summed E-state index contributed by atoms with van der Waals surface area (Å²) in [6, 6.07) is 0. The molecular formula is C13H31NO2S2. The average Bonchev–Trinajstić information content (AvgIpc) is 2.49. The van der Waals surface area contributed by atoms with E-state index in [1.54, 1.807) is 0 Å². The average molecular weight is 298 g/mol. The molecule has 1 heterocycles. The first-order chi connectivity index (χ1) is 8.40. The molecule has 1 saturated heterocycles. The molecule has 5 heteroatoms. The van der Waals surface area contributed by atoms with E-state index in [0.29, 0.717) is 0 Å². The van der Waals surface area contributed by atoms with Gasteiger partial charge in [0.05, 0.1) is 13.2 Å². The van der Waals surface area contributed by atoms with Gasteiger partial charge in [-0.05, 0) is 49.9 Å². The highest BCUT2D eigenvalue weighted by Gasteiger charge is 2.37. The minimum atomic E-state index is -0.506. The number of ether oxygens (including phenoxy) is 2. The van der Waals surface area contributed by atoms with Crippen LogP contribution in [0.5, 0.6) is 0 Å². The van der Waals surface area contributed by atoms with Crippen molar-refractivity contribution < 1.29 is 9.47 Å². The Morgan fingerprint density at radius 3 is 2.00 bits per heavy atom. The van der Waals surface area contributed by atoms with Crippen molar-refractivity contribution >= 4 is 20.4 Å². The van der Waals surface area contributed by atoms with Crippen molar-refractivity contribution in [2.45, 2.75) is 13.3 Å². The first kappa shape index (κ1) is 16.6. The Kier molecular flexibility index (Phi) is 6.83. The summed E-state index contributed by atoms with van der Waals surface area (Å²) in [7, 11) is -1.01. The third-order valence-electron chi connectivity index (χ3n) is 3.39. The van der Waals surface area contributed by atoms with Crippen LogP contribution in [0.3, 0.4) is 0 Å². The summed E-state index contributed by atoms with van der Waals surface area (Å²) in [6.45, 7) is 6.34. The maximum Gasteiger partial charge on any atom is 0.0700 e. The lowest BCUT2D eigenvalue weighted by Gasteiger charge is -2.46. The van der Waals surface area contributed by atoms with E-state index in [4.69, 9.17) is 9.47 Å². The Bertz CT molecular complexity index is 231. The van der Waals surface area contributed by atoms with Crippen molar-refractivity contribution in [3.8, 4) is 0 Å². The van der Waals surface area contributed by atoms with Crippen LogP contribution in [0.2, 0.25) is 0 Å². The van der Waals surface area contributed by atoms with Gasteiger partial charge in [-0.3, -0.25) is 0 Å². The lowest BCUT2D eigenvalue weighted by molar-refractivity contribution is 0.0517. The van der Waals surface area contributed by atoms with Gasteiger partial charge in [0.25, 0.3) is 0 Å². The molecule has 1 aliphatic heterocycles. The standard InChI is InChI=1S/C13H31NO2S2/c1-6-15-10-11-16-9-7-8-14-17(2,3)12-13-18(14,4)5/h6-13H2,1-5H3. The van der Waals surface area contributed by atoms with Gasteiger partial charge < -0.3 is 9.47 Å². The molecule has 0 unspecified atom stereocenters. The molecule has 0 aliphatic carbocycles. The predicted molar refractivity (Wildman–Crippen MR) is 87.2 cm³/mol. The van der Waals surface area contributed by atoms with Crippen molar-refractivity contribution in [2.24, 2.45) is 0 Å². The van der Waals surface area contributed by atoms with E-state index < -0.39 is 20.4 Å². The Balaban J connectivity index is 2.18. The summed E-state index contributed by atoms with van der Waals surface area (Å²) < 4.78 is 13.7. The van der Waals surface area contributed by atoms with Gasteiger partial charge in [-0.1, -0.05) is 0 Å². The third-order valence-corrected chi connectivity index (χ3v) is 11.0. The van der Waals surface area contributed by atoms with Gasteiger partial charge in [-0.15, -0.1) is 0 Å². The quantitative estimate of drug-likeness (QED) is 0.643. The summed E-state index contributed by atoms with van der Waals surface area (Å²) in [5.41, 5.74) is 0. The molecule has 0 amide bonds. The topological polar surface area (TPSA) is 21.7 Å². The normalized spacial score (nSPS) is 26.1. The number of hydrogen-bond donors (Lipinski definition) is 0. The summed E-state index contributed by atoms with van der Waals surface area (Å²) >= 11 is 0. The maximum atomic E-state index is 5.60. The fourth-order valence-electron chi connectivity index (χ4n) is 2.31. The summed E-state index contributed by atoms with van der Waals surface area (Å²) in [5.74, 6) is 2.83. The highest BCUT2D eigenvalue weighted by atomic mass is 32.3. The molecule has 0 saturated carbocycles. The third kappa shape index (κ3) is 4.93. The van der Waals surface area contributed by atoms with Crippen LogP contribution in [0.4, 0.5) is 0 Å². The molecule has 1 aliphatic rings. The number of nitrogens with zero attached hydrogens (tertiary/aromatic N) is 1. The highest BCUT2D eigenvalue weighted by Crippen LogP contribution is 2.67. The van der Waals surface area contributed by atoms with Crippen molar-refractivity contribution in [3.05, 3.63) is 0 Å².